The van der Waals surface area contributed by atoms with Crippen LogP contribution in [0.4, 0.5) is 0 Å². The van der Waals surface area contributed by atoms with Gasteiger partial charge in [-0.25, -0.2) is 0 Å². The van der Waals surface area contributed by atoms with E-state index < -0.39 is 5.97 Å². The normalized spacial score (nSPS) is 9.13. The summed E-state index contributed by atoms with van der Waals surface area (Å²) in [4.78, 5) is 21.0. The van der Waals surface area contributed by atoms with E-state index in [0.29, 0.717) is 19.4 Å². The summed E-state index contributed by atoms with van der Waals surface area (Å²) in [6.45, 7) is 2.21. The van der Waals surface area contributed by atoms with Gasteiger partial charge in [-0.3, -0.25) is 9.59 Å². The van der Waals surface area contributed by atoms with Crippen LogP contribution in [0.3, 0.4) is 0 Å². The Hall–Kier alpha value is -1.10. The summed E-state index contributed by atoms with van der Waals surface area (Å²) in [7, 11) is 0. The molecule has 90 valence electrons. The molecule has 4 N–H and O–H groups in total. The van der Waals surface area contributed by atoms with Crippen molar-refractivity contribution in [2.75, 3.05) is 6.61 Å². The molecule has 0 aromatic rings. The highest BCUT2D eigenvalue weighted by molar-refractivity contribution is 5.69. The summed E-state index contributed by atoms with van der Waals surface area (Å²) >= 11 is 0. The van der Waals surface area contributed by atoms with Crippen molar-refractivity contribution in [1.82, 2.24) is 6.15 Å². The van der Waals surface area contributed by atoms with Crippen molar-refractivity contribution in [3.05, 3.63) is 0 Å². The topological polar surface area (TPSA) is 98.6 Å². The van der Waals surface area contributed by atoms with Crippen molar-refractivity contribution in [2.24, 2.45) is 0 Å². The van der Waals surface area contributed by atoms with Crippen molar-refractivity contribution in [2.45, 2.75) is 45.4 Å². The number of aliphatic carboxylic acids is 1. The first kappa shape index (κ1) is 16.3. The first-order chi connectivity index (χ1) is 6.66. The molecule has 0 aliphatic rings. The molecule has 15 heavy (non-hydrogen) atoms. The lowest BCUT2D eigenvalue weighted by Gasteiger charge is -2.01. The Balaban J connectivity index is 0. The highest BCUT2D eigenvalue weighted by atomic mass is 16.5. The molecular weight excluding hydrogens is 198 g/mol. The van der Waals surface area contributed by atoms with E-state index in [9.17, 15) is 9.59 Å². The Morgan fingerprint density at radius 3 is 2.07 bits per heavy atom. The molecule has 5 nitrogen and oxygen atoms in total. The molecule has 0 aromatic carbocycles. The molecule has 0 saturated carbocycles. The van der Waals surface area contributed by atoms with Gasteiger partial charge in [0.15, 0.2) is 0 Å². The Morgan fingerprint density at radius 1 is 1.07 bits per heavy atom. The average molecular weight is 219 g/mol. The van der Waals surface area contributed by atoms with E-state index in [1.165, 1.54) is 0 Å². The maximum Gasteiger partial charge on any atom is 0.305 e. The fraction of sp³-hybridized carbons (Fsp3) is 0.800. The van der Waals surface area contributed by atoms with Gasteiger partial charge in [-0.2, -0.15) is 0 Å². The molecule has 0 bridgehead atoms. The van der Waals surface area contributed by atoms with Gasteiger partial charge in [-0.15, -0.1) is 0 Å². The van der Waals surface area contributed by atoms with Crippen molar-refractivity contribution >= 4 is 11.9 Å². The molecule has 0 atom stereocenters. The molecule has 0 aromatic heterocycles. The van der Waals surface area contributed by atoms with Gasteiger partial charge in [-0.1, -0.05) is 12.8 Å². The third kappa shape index (κ3) is 12.9. The van der Waals surface area contributed by atoms with Gasteiger partial charge in [0.05, 0.1) is 6.61 Å². The molecule has 0 rings (SSSR count). The second-order valence-electron chi connectivity index (χ2n) is 3.11. The molecule has 0 unspecified atom stereocenters. The van der Waals surface area contributed by atoms with E-state index in [-0.39, 0.29) is 18.5 Å². The summed E-state index contributed by atoms with van der Waals surface area (Å²) in [5, 5.41) is 8.35. The van der Waals surface area contributed by atoms with E-state index in [0.717, 1.165) is 19.3 Å². The minimum absolute atomic E-state index is 0. The summed E-state index contributed by atoms with van der Waals surface area (Å²) < 4.78 is 4.75. The largest absolute Gasteiger partial charge is 0.481 e. The SMILES string of the molecule is CCOC(=O)CCCCCCC(=O)O.N. The van der Waals surface area contributed by atoms with Crippen molar-refractivity contribution in [3.63, 3.8) is 0 Å². The van der Waals surface area contributed by atoms with E-state index in [1.807, 2.05) is 0 Å². The fourth-order valence-corrected chi connectivity index (χ4v) is 1.13. The minimum atomic E-state index is -0.754. The zero-order valence-corrected chi connectivity index (χ0v) is 9.33. The van der Waals surface area contributed by atoms with Crippen LogP contribution in [-0.2, 0) is 14.3 Å². The van der Waals surface area contributed by atoms with Crippen LogP contribution in [0.5, 0.6) is 0 Å². The Bertz CT molecular complexity index is 182. The lowest BCUT2D eigenvalue weighted by molar-refractivity contribution is -0.143. The number of carbonyl (C=O) groups is 2. The summed E-state index contributed by atoms with van der Waals surface area (Å²) in [6.07, 6.45) is 3.91. The monoisotopic (exact) mass is 219 g/mol. The Kier molecular flexibility index (Phi) is 12.0. The second-order valence-corrected chi connectivity index (χ2v) is 3.11. The lowest BCUT2D eigenvalue weighted by atomic mass is 10.1. The van der Waals surface area contributed by atoms with Crippen LogP contribution in [-0.4, -0.2) is 23.7 Å². The van der Waals surface area contributed by atoms with Gasteiger partial charge >= 0.3 is 11.9 Å². The first-order valence-corrected chi connectivity index (χ1v) is 5.04. The van der Waals surface area contributed by atoms with Gasteiger partial charge in [0.25, 0.3) is 0 Å². The number of hydrogen-bond acceptors (Lipinski definition) is 4. The predicted molar refractivity (Wildman–Crippen MR) is 57.0 cm³/mol. The average Bonchev–Trinajstić information content (AvgIpc) is 2.11. The maximum atomic E-state index is 10.9. The zero-order valence-electron chi connectivity index (χ0n) is 9.33. The first-order valence-electron chi connectivity index (χ1n) is 5.04. The highest BCUT2D eigenvalue weighted by Gasteiger charge is 2.01. The van der Waals surface area contributed by atoms with Crippen LogP contribution < -0.4 is 6.15 Å². The molecule has 0 heterocycles. The summed E-state index contributed by atoms with van der Waals surface area (Å²) in [6, 6.07) is 0. The second kappa shape index (κ2) is 11.0. The lowest BCUT2D eigenvalue weighted by Crippen LogP contribution is -2.03. The minimum Gasteiger partial charge on any atom is -0.481 e. The smallest absolute Gasteiger partial charge is 0.305 e. The molecule has 0 aliphatic heterocycles. The van der Waals surface area contributed by atoms with Crippen molar-refractivity contribution < 1.29 is 19.4 Å². The summed E-state index contributed by atoms with van der Waals surface area (Å²) in [5.41, 5.74) is 0. The van der Waals surface area contributed by atoms with Crippen LogP contribution in [0, 0.1) is 0 Å². The predicted octanol–water partition coefficient (Wildman–Crippen LogP) is 2.14. The van der Waals surface area contributed by atoms with E-state index >= 15 is 0 Å². The van der Waals surface area contributed by atoms with Gasteiger partial charge in [0.1, 0.15) is 0 Å². The number of carboxylic acid groups (broad SMARTS) is 1. The van der Waals surface area contributed by atoms with Crippen molar-refractivity contribution in [1.29, 1.82) is 0 Å². The van der Waals surface area contributed by atoms with Gasteiger partial charge < -0.3 is 16.0 Å². The van der Waals surface area contributed by atoms with Gasteiger partial charge in [0, 0.05) is 12.8 Å². The van der Waals surface area contributed by atoms with E-state index in [1.54, 1.807) is 6.92 Å². The third-order valence-corrected chi connectivity index (χ3v) is 1.83. The molecule has 0 aliphatic carbocycles. The van der Waals surface area contributed by atoms with E-state index in [2.05, 4.69) is 0 Å². The van der Waals surface area contributed by atoms with Crippen LogP contribution in [0.2, 0.25) is 0 Å². The number of carbonyl (C=O) groups excluding carboxylic acids is 1. The number of hydrogen-bond donors (Lipinski definition) is 2. The van der Waals surface area contributed by atoms with Crippen molar-refractivity contribution in [3.8, 4) is 0 Å². The zero-order chi connectivity index (χ0) is 10.8. The Labute approximate surface area is 90.4 Å². The number of carboxylic acids is 1. The quantitative estimate of drug-likeness (QED) is 0.481. The van der Waals surface area contributed by atoms with Crippen LogP contribution in [0.25, 0.3) is 0 Å². The van der Waals surface area contributed by atoms with Crippen LogP contribution in [0.1, 0.15) is 45.4 Å². The number of ether oxygens (including phenoxy) is 1. The third-order valence-electron chi connectivity index (χ3n) is 1.83. The molecular formula is C10H21NO4. The number of esters is 1. The maximum absolute atomic E-state index is 10.9. The van der Waals surface area contributed by atoms with Crippen LogP contribution >= 0.6 is 0 Å². The molecule has 5 heteroatoms. The summed E-state index contributed by atoms with van der Waals surface area (Å²) in [5.74, 6) is -0.916. The molecule has 0 amide bonds. The number of rotatable bonds is 8. The van der Waals surface area contributed by atoms with Gasteiger partial charge in [0.2, 0.25) is 0 Å². The molecule has 0 fully saturated rings. The molecule has 0 spiro atoms. The highest BCUT2D eigenvalue weighted by Crippen LogP contribution is 2.05. The van der Waals surface area contributed by atoms with E-state index in [4.69, 9.17) is 9.84 Å². The standard InChI is InChI=1S/C10H18O4.H3N/c1-2-14-10(13)8-6-4-3-5-7-9(11)12;/h2-8H2,1H3,(H,11,12);1H3. The van der Waals surface area contributed by atoms with Crippen LogP contribution in [0.15, 0.2) is 0 Å². The van der Waals surface area contributed by atoms with Gasteiger partial charge in [-0.05, 0) is 19.8 Å². The fourth-order valence-electron chi connectivity index (χ4n) is 1.13. The number of unbranched alkanes of at least 4 members (excludes halogenated alkanes) is 3. The Morgan fingerprint density at radius 2 is 1.60 bits per heavy atom. The molecule has 0 saturated heterocycles. The molecule has 0 radical (unpaired) electrons.